The average molecular weight is 466 g/mol. The van der Waals surface area contributed by atoms with E-state index in [1.807, 2.05) is 29.2 Å². The molecule has 0 atom stereocenters. The number of anilines is 1. The first-order valence-corrected chi connectivity index (χ1v) is 11.4. The van der Waals surface area contributed by atoms with E-state index in [-0.39, 0.29) is 36.5 Å². The van der Waals surface area contributed by atoms with Gasteiger partial charge in [0.1, 0.15) is 23.9 Å². The molecule has 2 aromatic carbocycles. The van der Waals surface area contributed by atoms with Gasteiger partial charge in [-0.3, -0.25) is 14.5 Å². The number of hydrogen-bond donors (Lipinski definition) is 1. The fourth-order valence-corrected chi connectivity index (χ4v) is 3.86. The molecule has 0 saturated carbocycles. The van der Waals surface area contributed by atoms with Crippen LogP contribution in [0.2, 0.25) is 0 Å². The Labute approximate surface area is 198 Å². The van der Waals surface area contributed by atoms with Crippen LogP contribution in [0.15, 0.2) is 65.1 Å². The summed E-state index contributed by atoms with van der Waals surface area (Å²) in [5, 5.41) is 2.99. The van der Waals surface area contributed by atoms with Crippen LogP contribution in [0.4, 0.5) is 10.1 Å². The van der Waals surface area contributed by atoms with E-state index < -0.39 is 0 Å². The first kappa shape index (κ1) is 23.5. The Morgan fingerprint density at radius 3 is 2.47 bits per heavy atom. The van der Waals surface area contributed by atoms with Crippen LogP contribution in [0, 0.1) is 5.82 Å². The molecule has 1 aliphatic rings. The Bertz CT molecular complexity index is 1120. The second kappa shape index (κ2) is 11.0. The third-order valence-electron chi connectivity index (χ3n) is 5.77. The summed E-state index contributed by atoms with van der Waals surface area (Å²) in [5.74, 6) is 0.701. The second-order valence-corrected chi connectivity index (χ2v) is 8.14. The van der Waals surface area contributed by atoms with E-state index in [2.05, 4.69) is 12.2 Å². The average Bonchev–Trinajstić information content (AvgIpc) is 3.33. The summed E-state index contributed by atoms with van der Waals surface area (Å²) >= 11 is 0. The first-order chi connectivity index (χ1) is 16.5. The van der Waals surface area contributed by atoms with Gasteiger partial charge in [0.05, 0.1) is 6.54 Å². The maximum atomic E-state index is 13.0. The van der Waals surface area contributed by atoms with E-state index in [0.29, 0.717) is 37.7 Å². The summed E-state index contributed by atoms with van der Waals surface area (Å²) < 4.78 is 24.2. The van der Waals surface area contributed by atoms with Crippen molar-refractivity contribution < 1.29 is 23.1 Å². The number of carbonyl (C=O) groups is 2. The topological polar surface area (TPSA) is 75.0 Å². The van der Waals surface area contributed by atoms with Crippen molar-refractivity contribution in [2.75, 3.05) is 38.0 Å². The zero-order valence-corrected chi connectivity index (χ0v) is 19.1. The SMILES string of the molecule is CCc1ccccc1NC(=O)CN1CCN(C(=O)c2ccc(COc3ccc(F)cc3)o2)CC1. The quantitative estimate of drug-likeness (QED) is 0.545. The van der Waals surface area contributed by atoms with E-state index >= 15 is 0 Å². The van der Waals surface area contributed by atoms with Gasteiger partial charge >= 0.3 is 0 Å². The maximum absolute atomic E-state index is 13.0. The van der Waals surface area contributed by atoms with E-state index in [0.717, 1.165) is 17.7 Å². The minimum Gasteiger partial charge on any atom is -0.486 e. The lowest BCUT2D eigenvalue weighted by atomic mass is 10.1. The summed E-state index contributed by atoms with van der Waals surface area (Å²) in [6, 6.07) is 16.8. The van der Waals surface area contributed by atoms with Crippen molar-refractivity contribution in [2.24, 2.45) is 0 Å². The number of aryl methyl sites for hydroxylation is 1. The lowest BCUT2D eigenvalue weighted by molar-refractivity contribution is -0.117. The Kier molecular flexibility index (Phi) is 7.59. The molecule has 0 spiro atoms. The minimum atomic E-state index is -0.333. The highest BCUT2D eigenvalue weighted by Crippen LogP contribution is 2.18. The lowest BCUT2D eigenvalue weighted by Crippen LogP contribution is -2.50. The van der Waals surface area contributed by atoms with Crippen LogP contribution in [-0.2, 0) is 17.8 Å². The molecule has 3 aromatic rings. The molecule has 0 bridgehead atoms. The summed E-state index contributed by atoms with van der Waals surface area (Å²) in [5.41, 5.74) is 1.95. The smallest absolute Gasteiger partial charge is 0.289 e. The molecule has 178 valence electrons. The van der Waals surface area contributed by atoms with Crippen LogP contribution in [-0.4, -0.2) is 54.3 Å². The molecule has 1 saturated heterocycles. The number of hydrogen-bond acceptors (Lipinski definition) is 5. The number of furan rings is 1. The van der Waals surface area contributed by atoms with Gasteiger partial charge in [0.15, 0.2) is 5.76 Å². The number of nitrogens with one attached hydrogen (secondary N) is 1. The molecule has 1 aliphatic heterocycles. The van der Waals surface area contributed by atoms with Crippen molar-refractivity contribution in [3.05, 3.63) is 83.6 Å². The Morgan fingerprint density at radius 1 is 1.00 bits per heavy atom. The molecule has 2 heterocycles. The van der Waals surface area contributed by atoms with Crippen LogP contribution in [0.1, 0.15) is 28.8 Å². The lowest BCUT2D eigenvalue weighted by Gasteiger charge is -2.33. The van der Waals surface area contributed by atoms with E-state index in [9.17, 15) is 14.0 Å². The molecule has 1 fully saturated rings. The van der Waals surface area contributed by atoms with Crippen molar-refractivity contribution in [2.45, 2.75) is 20.0 Å². The van der Waals surface area contributed by atoms with E-state index in [4.69, 9.17) is 9.15 Å². The number of para-hydroxylation sites is 1. The molecule has 1 N–H and O–H groups in total. The van der Waals surface area contributed by atoms with Gasteiger partial charge in [-0.15, -0.1) is 0 Å². The van der Waals surface area contributed by atoms with Gasteiger partial charge < -0.3 is 19.4 Å². The normalized spacial score (nSPS) is 14.1. The van der Waals surface area contributed by atoms with Gasteiger partial charge in [0.2, 0.25) is 5.91 Å². The van der Waals surface area contributed by atoms with Crippen molar-refractivity contribution >= 4 is 17.5 Å². The van der Waals surface area contributed by atoms with E-state index in [1.165, 1.54) is 24.3 Å². The van der Waals surface area contributed by atoms with Gasteiger partial charge in [-0.05, 0) is 54.4 Å². The molecule has 4 rings (SSSR count). The standard InChI is InChI=1S/C26H28FN3O4/c1-2-19-5-3-4-6-23(19)28-25(31)17-29-13-15-30(16-14-29)26(32)24-12-11-22(34-24)18-33-21-9-7-20(27)8-10-21/h3-12H,2,13-18H2,1H3,(H,28,31). The van der Waals surface area contributed by atoms with Gasteiger partial charge in [-0.25, -0.2) is 4.39 Å². The molecular weight excluding hydrogens is 437 g/mol. The summed E-state index contributed by atoms with van der Waals surface area (Å²) in [6.45, 7) is 4.72. The fourth-order valence-electron chi connectivity index (χ4n) is 3.86. The number of amides is 2. The summed E-state index contributed by atoms with van der Waals surface area (Å²) in [6.07, 6.45) is 0.851. The molecular formula is C26H28FN3O4. The Hall–Kier alpha value is -3.65. The summed E-state index contributed by atoms with van der Waals surface area (Å²) in [4.78, 5) is 29.1. The second-order valence-electron chi connectivity index (χ2n) is 8.14. The van der Waals surface area contributed by atoms with Crippen LogP contribution in [0.25, 0.3) is 0 Å². The molecule has 8 heteroatoms. The molecule has 7 nitrogen and oxygen atoms in total. The number of nitrogens with zero attached hydrogens (tertiary/aromatic N) is 2. The summed E-state index contributed by atoms with van der Waals surface area (Å²) in [7, 11) is 0. The number of carbonyl (C=O) groups excluding carboxylic acids is 2. The zero-order chi connectivity index (χ0) is 23.9. The monoisotopic (exact) mass is 465 g/mol. The number of rotatable bonds is 8. The largest absolute Gasteiger partial charge is 0.486 e. The first-order valence-electron chi connectivity index (χ1n) is 11.4. The number of halogens is 1. The maximum Gasteiger partial charge on any atom is 0.289 e. The van der Waals surface area contributed by atoms with Crippen molar-refractivity contribution in [1.29, 1.82) is 0 Å². The third kappa shape index (κ3) is 6.02. The van der Waals surface area contributed by atoms with Crippen LogP contribution in [0.3, 0.4) is 0 Å². The third-order valence-corrected chi connectivity index (χ3v) is 5.77. The molecule has 0 unspecified atom stereocenters. The number of benzene rings is 2. The molecule has 2 amide bonds. The van der Waals surface area contributed by atoms with Crippen LogP contribution < -0.4 is 10.1 Å². The Morgan fingerprint density at radius 2 is 1.74 bits per heavy atom. The highest BCUT2D eigenvalue weighted by molar-refractivity contribution is 5.93. The van der Waals surface area contributed by atoms with Gasteiger partial charge in [0, 0.05) is 31.9 Å². The molecule has 34 heavy (non-hydrogen) atoms. The number of piperazine rings is 1. The predicted octanol–water partition coefficient (Wildman–Crippen LogP) is 3.96. The van der Waals surface area contributed by atoms with Crippen molar-refractivity contribution in [1.82, 2.24) is 9.80 Å². The highest BCUT2D eigenvalue weighted by atomic mass is 19.1. The Balaban J connectivity index is 1.23. The van der Waals surface area contributed by atoms with Crippen LogP contribution in [0.5, 0.6) is 5.75 Å². The highest BCUT2D eigenvalue weighted by Gasteiger charge is 2.25. The minimum absolute atomic E-state index is 0.0579. The van der Waals surface area contributed by atoms with Crippen molar-refractivity contribution in [3.63, 3.8) is 0 Å². The van der Waals surface area contributed by atoms with Gasteiger partial charge in [-0.2, -0.15) is 0 Å². The van der Waals surface area contributed by atoms with E-state index in [1.54, 1.807) is 17.0 Å². The van der Waals surface area contributed by atoms with Crippen molar-refractivity contribution in [3.8, 4) is 5.75 Å². The zero-order valence-electron chi connectivity index (χ0n) is 19.1. The molecule has 1 aromatic heterocycles. The number of ether oxygens (including phenoxy) is 1. The predicted molar refractivity (Wildman–Crippen MR) is 126 cm³/mol. The fraction of sp³-hybridized carbons (Fsp3) is 0.308. The van der Waals surface area contributed by atoms with Gasteiger partial charge in [0.25, 0.3) is 5.91 Å². The molecule has 0 radical (unpaired) electrons. The van der Waals surface area contributed by atoms with Gasteiger partial charge in [-0.1, -0.05) is 25.1 Å². The molecule has 0 aliphatic carbocycles. The van der Waals surface area contributed by atoms with Crippen LogP contribution >= 0.6 is 0 Å².